The minimum atomic E-state index is 0. The zero-order chi connectivity index (χ0) is 17.3. The Hall–Kier alpha value is -0.780. The van der Waals surface area contributed by atoms with Crippen molar-refractivity contribution in [1.82, 2.24) is 20.0 Å². The van der Waals surface area contributed by atoms with Crippen LogP contribution in [0.5, 0.6) is 0 Å². The van der Waals surface area contributed by atoms with Crippen LogP contribution in [0, 0.1) is 25.7 Å². The van der Waals surface area contributed by atoms with Gasteiger partial charge in [-0.05, 0) is 64.5 Å². The number of aromatic nitrogens is 2. The molecule has 2 unspecified atom stereocenters. The van der Waals surface area contributed by atoms with Gasteiger partial charge in [0.05, 0.1) is 11.7 Å². The van der Waals surface area contributed by atoms with Crippen LogP contribution in [-0.4, -0.2) is 40.2 Å². The number of nitrogens with one attached hydrogen (secondary N) is 1. The van der Waals surface area contributed by atoms with Gasteiger partial charge in [0, 0.05) is 31.3 Å². The van der Waals surface area contributed by atoms with Crippen molar-refractivity contribution in [1.29, 1.82) is 0 Å². The molecule has 2 aliphatic heterocycles. The predicted octanol–water partition coefficient (Wildman–Crippen LogP) is 3.57. The molecule has 1 aromatic heterocycles. The van der Waals surface area contributed by atoms with E-state index in [4.69, 9.17) is 0 Å². The Labute approximate surface area is 170 Å². The minimum Gasteiger partial charge on any atom is -0.336 e. The predicted molar refractivity (Wildman–Crippen MR) is 110 cm³/mol. The molecule has 1 amide bonds. The molecule has 26 heavy (non-hydrogen) atoms. The summed E-state index contributed by atoms with van der Waals surface area (Å²) in [5, 5.41) is 7.97. The fourth-order valence-corrected chi connectivity index (χ4v) is 4.61. The lowest BCUT2D eigenvalue weighted by atomic mass is 9.84. The fraction of sp³-hybridized carbons (Fsp3) is 0.789. The van der Waals surface area contributed by atoms with Gasteiger partial charge in [0.25, 0.3) is 0 Å². The van der Waals surface area contributed by atoms with Crippen LogP contribution in [-0.2, 0) is 11.8 Å². The number of hydrogen-bond donors (Lipinski definition) is 1. The number of amides is 1. The Morgan fingerprint density at radius 3 is 2.46 bits per heavy atom. The van der Waals surface area contributed by atoms with Crippen molar-refractivity contribution in [2.45, 2.75) is 58.9 Å². The highest BCUT2D eigenvalue weighted by molar-refractivity contribution is 5.85. The standard InChI is InChI=1S/C19H32N4O.2ClH/c1-13(16-7-9-20-10-8-16)12-18(24)23-11-5-6-17(23)19-14(2)21-22(4)15(19)3;;/h13,16-17,20H,5-12H2,1-4H3;2*1H. The van der Waals surface area contributed by atoms with E-state index in [9.17, 15) is 4.79 Å². The van der Waals surface area contributed by atoms with Gasteiger partial charge in [-0.1, -0.05) is 6.92 Å². The molecule has 0 aliphatic carbocycles. The third kappa shape index (κ3) is 4.73. The average molecular weight is 405 g/mol. The molecule has 0 spiro atoms. The largest absolute Gasteiger partial charge is 0.336 e. The molecule has 7 heteroatoms. The van der Waals surface area contributed by atoms with Crippen molar-refractivity contribution in [3.63, 3.8) is 0 Å². The summed E-state index contributed by atoms with van der Waals surface area (Å²) in [5.74, 6) is 1.52. The van der Waals surface area contributed by atoms with Crippen molar-refractivity contribution in [2.75, 3.05) is 19.6 Å². The number of aryl methyl sites for hydroxylation is 2. The molecule has 1 aromatic rings. The highest BCUT2D eigenvalue weighted by atomic mass is 35.5. The van der Waals surface area contributed by atoms with Crippen molar-refractivity contribution in [3.05, 3.63) is 17.0 Å². The summed E-state index contributed by atoms with van der Waals surface area (Å²) >= 11 is 0. The summed E-state index contributed by atoms with van der Waals surface area (Å²) in [6, 6.07) is 0.228. The number of nitrogens with zero attached hydrogens (tertiary/aromatic N) is 3. The van der Waals surface area contributed by atoms with Gasteiger partial charge in [-0.3, -0.25) is 9.48 Å². The second kappa shape index (κ2) is 9.95. The molecule has 2 aliphatic rings. The average Bonchev–Trinajstić information content (AvgIpc) is 3.13. The van der Waals surface area contributed by atoms with Crippen LogP contribution in [0.4, 0.5) is 0 Å². The Morgan fingerprint density at radius 2 is 1.88 bits per heavy atom. The molecule has 0 radical (unpaired) electrons. The van der Waals surface area contributed by atoms with Crippen molar-refractivity contribution >= 4 is 30.7 Å². The lowest BCUT2D eigenvalue weighted by Crippen LogP contribution is -2.35. The van der Waals surface area contributed by atoms with Gasteiger partial charge in [-0.25, -0.2) is 0 Å². The van der Waals surface area contributed by atoms with Crippen LogP contribution < -0.4 is 5.32 Å². The molecule has 2 fully saturated rings. The zero-order valence-electron chi connectivity index (χ0n) is 16.5. The Balaban J connectivity index is 0.00000169. The quantitative estimate of drug-likeness (QED) is 0.833. The van der Waals surface area contributed by atoms with Crippen LogP contribution in [0.25, 0.3) is 0 Å². The van der Waals surface area contributed by atoms with Crippen LogP contribution in [0.2, 0.25) is 0 Å². The van der Waals surface area contributed by atoms with Gasteiger partial charge >= 0.3 is 0 Å². The number of likely N-dealkylation sites (tertiary alicyclic amines) is 1. The normalized spacial score (nSPS) is 21.8. The maximum atomic E-state index is 13.0. The van der Waals surface area contributed by atoms with Crippen LogP contribution >= 0.6 is 24.8 Å². The smallest absolute Gasteiger partial charge is 0.223 e. The second-order valence-corrected chi connectivity index (χ2v) is 7.72. The van der Waals surface area contributed by atoms with E-state index in [1.807, 2.05) is 11.7 Å². The van der Waals surface area contributed by atoms with Crippen molar-refractivity contribution in [2.24, 2.45) is 18.9 Å². The first-order valence-electron chi connectivity index (χ1n) is 9.49. The third-order valence-corrected chi connectivity index (χ3v) is 6.16. The maximum Gasteiger partial charge on any atom is 0.223 e. The summed E-state index contributed by atoms with van der Waals surface area (Å²) in [4.78, 5) is 15.1. The highest BCUT2D eigenvalue weighted by Gasteiger charge is 2.34. The van der Waals surface area contributed by atoms with E-state index in [-0.39, 0.29) is 30.9 Å². The molecule has 2 atom stereocenters. The second-order valence-electron chi connectivity index (χ2n) is 7.72. The van der Waals surface area contributed by atoms with Crippen LogP contribution in [0.1, 0.15) is 62.0 Å². The van der Waals surface area contributed by atoms with Crippen LogP contribution in [0.15, 0.2) is 0 Å². The number of piperidine rings is 1. The van der Waals surface area contributed by atoms with Gasteiger partial charge < -0.3 is 10.2 Å². The van der Waals surface area contributed by atoms with E-state index in [2.05, 4.69) is 36.1 Å². The van der Waals surface area contributed by atoms with Gasteiger partial charge in [0.1, 0.15) is 0 Å². The van der Waals surface area contributed by atoms with E-state index in [0.29, 0.717) is 24.2 Å². The van der Waals surface area contributed by atoms with Gasteiger partial charge in [0.2, 0.25) is 5.91 Å². The maximum absolute atomic E-state index is 13.0. The first kappa shape index (κ1) is 23.3. The van der Waals surface area contributed by atoms with Gasteiger partial charge in [-0.2, -0.15) is 5.10 Å². The molecule has 3 rings (SSSR count). The summed E-state index contributed by atoms with van der Waals surface area (Å²) < 4.78 is 1.95. The topological polar surface area (TPSA) is 50.2 Å². The SMILES string of the molecule is Cc1nn(C)c(C)c1C1CCCN1C(=O)CC(C)C1CCNCC1.Cl.Cl. The Morgan fingerprint density at radius 1 is 1.23 bits per heavy atom. The summed E-state index contributed by atoms with van der Waals surface area (Å²) in [6.07, 6.45) is 5.28. The van der Waals surface area contributed by atoms with Gasteiger partial charge in [-0.15, -0.1) is 24.8 Å². The Bertz CT molecular complexity index is 599. The van der Waals surface area contributed by atoms with Crippen molar-refractivity contribution in [3.8, 4) is 0 Å². The summed E-state index contributed by atoms with van der Waals surface area (Å²) in [5.41, 5.74) is 3.55. The molecule has 150 valence electrons. The highest BCUT2D eigenvalue weighted by Crippen LogP contribution is 2.36. The monoisotopic (exact) mass is 404 g/mol. The summed E-state index contributed by atoms with van der Waals surface area (Å²) in [7, 11) is 1.99. The molecule has 2 saturated heterocycles. The van der Waals surface area contributed by atoms with E-state index >= 15 is 0 Å². The van der Waals surface area contributed by atoms with Crippen LogP contribution in [0.3, 0.4) is 0 Å². The minimum absolute atomic E-state index is 0. The Kier molecular flexibility index (Phi) is 8.90. The van der Waals surface area contributed by atoms with E-state index in [1.54, 1.807) is 0 Å². The molecular weight excluding hydrogens is 371 g/mol. The number of rotatable bonds is 4. The number of halogens is 2. The number of carbonyl (C=O) groups is 1. The molecule has 0 saturated carbocycles. The fourth-order valence-electron chi connectivity index (χ4n) is 4.61. The van der Waals surface area contributed by atoms with Crippen molar-refractivity contribution < 1.29 is 4.79 Å². The molecule has 3 heterocycles. The van der Waals surface area contributed by atoms with E-state index < -0.39 is 0 Å². The lowest BCUT2D eigenvalue weighted by Gasteiger charge is -2.31. The molecule has 0 bridgehead atoms. The first-order chi connectivity index (χ1) is 11.5. The number of hydrogen-bond acceptors (Lipinski definition) is 3. The molecular formula is C19H34Cl2N4O. The molecule has 5 nitrogen and oxygen atoms in total. The molecule has 0 aromatic carbocycles. The van der Waals surface area contributed by atoms with Gasteiger partial charge in [0.15, 0.2) is 0 Å². The molecule has 1 N–H and O–H groups in total. The lowest BCUT2D eigenvalue weighted by molar-refractivity contribution is -0.133. The zero-order valence-corrected chi connectivity index (χ0v) is 18.1. The third-order valence-electron chi connectivity index (χ3n) is 6.16. The first-order valence-corrected chi connectivity index (χ1v) is 9.49. The summed E-state index contributed by atoms with van der Waals surface area (Å²) in [6.45, 7) is 9.55. The van der Waals surface area contributed by atoms with E-state index in [1.165, 1.54) is 24.1 Å². The number of carbonyl (C=O) groups excluding carboxylic acids is 1. The van der Waals surface area contributed by atoms with E-state index in [0.717, 1.165) is 38.2 Å².